The van der Waals surface area contributed by atoms with E-state index in [-0.39, 0.29) is 18.2 Å². The molecule has 29 heavy (non-hydrogen) atoms. The molecule has 6 nitrogen and oxygen atoms in total. The highest BCUT2D eigenvalue weighted by molar-refractivity contribution is 7.99. The van der Waals surface area contributed by atoms with Gasteiger partial charge in [0.2, 0.25) is 5.91 Å². The van der Waals surface area contributed by atoms with Gasteiger partial charge in [-0.15, -0.1) is 11.8 Å². The number of benzene rings is 2. The molecule has 0 aliphatic carbocycles. The van der Waals surface area contributed by atoms with E-state index in [1.807, 2.05) is 47.4 Å². The predicted molar refractivity (Wildman–Crippen MR) is 112 cm³/mol. The average Bonchev–Trinajstić information content (AvgIpc) is 3.22. The molecule has 0 aliphatic rings. The molecule has 0 fully saturated rings. The third kappa shape index (κ3) is 6.14. The molecular formula is C22H21N3O3S. The summed E-state index contributed by atoms with van der Waals surface area (Å²) in [6, 6.07) is 20.2. The van der Waals surface area contributed by atoms with E-state index in [2.05, 4.69) is 11.4 Å². The van der Waals surface area contributed by atoms with Crippen LogP contribution in [-0.2, 0) is 17.9 Å². The molecule has 0 saturated heterocycles. The average molecular weight is 407 g/mol. The number of rotatable bonds is 9. The van der Waals surface area contributed by atoms with E-state index in [1.54, 1.807) is 24.5 Å². The highest BCUT2D eigenvalue weighted by atomic mass is 32.2. The van der Waals surface area contributed by atoms with Crippen molar-refractivity contribution < 1.29 is 14.3 Å². The molecule has 1 amide bonds. The number of amides is 1. The van der Waals surface area contributed by atoms with Gasteiger partial charge < -0.3 is 14.8 Å². The Bertz CT molecular complexity index is 983. The normalized spacial score (nSPS) is 10.6. The van der Waals surface area contributed by atoms with Gasteiger partial charge in [-0.05, 0) is 30.3 Å². The summed E-state index contributed by atoms with van der Waals surface area (Å²) >= 11 is 1.38. The number of furan rings is 1. The maximum atomic E-state index is 12.7. The lowest BCUT2D eigenvalue weighted by Gasteiger charge is -2.21. The van der Waals surface area contributed by atoms with Crippen LogP contribution >= 0.6 is 11.8 Å². The number of anilines is 1. The second-order valence-electron chi connectivity index (χ2n) is 6.34. The second-order valence-corrected chi connectivity index (χ2v) is 7.36. The Morgan fingerprint density at radius 2 is 1.90 bits per heavy atom. The number of nitrogens with zero attached hydrogens (tertiary/aromatic N) is 2. The predicted octanol–water partition coefficient (Wildman–Crippen LogP) is 4.24. The lowest BCUT2D eigenvalue weighted by molar-refractivity contribution is -0.117. The molecule has 0 atom stereocenters. The molecule has 2 N–H and O–H groups in total. The smallest absolute Gasteiger partial charge is 0.238 e. The fourth-order valence-electron chi connectivity index (χ4n) is 2.87. The summed E-state index contributed by atoms with van der Waals surface area (Å²) in [5.74, 6) is 1.05. The van der Waals surface area contributed by atoms with E-state index in [0.29, 0.717) is 24.5 Å². The van der Waals surface area contributed by atoms with E-state index < -0.39 is 0 Å². The molecule has 3 rings (SSSR count). The Morgan fingerprint density at radius 1 is 1.10 bits per heavy atom. The first-order valence-electron chi connectivity index (χ1n) is 9.06. The van der Waals surface area contributed by atoms with Gasteiger partial charge in [0, 0.05) is 17.0 Å². The Kier molecular flexibility index (Phi) is 7.34. The number of phenolic OH excluding ortho intramolecular Hbond substituents is 1. The van der Waals surface area contributed by atoms with Gasteiger partial charge in [-0.25, -0.2) is 0 Å². The topological polar surface area (TPSA) is 89.5 Å². The molecule has 0 spiro atoms. The molecule has 0 bridgehead atoms. The molecule has 0 saturated carbocycles. The first-order valence-corrected chi connectivity index (χ1v) is 10.0. The third-order valence-corrected chi connectivity index (χ3v) is 5.11. The van der Waals surface area contributed by atoms with Crippen molar-refractivity contribution in [3.63, 3.8) is 0 Å². The highest BCUT2D eigenvalue weighted by Gasteiger charge is 2.16. The minimum Gasteiger partial charge on any atom is -0.508 e. The Balaban J connectivity index is 1.71. The molecule has 3 aromatic rings. The number of phenols is 1. The lowest BCUT2D eigenvalue weighted by Crippen LogP contribution is -2.32. The number of carbonyl (C=O) groups excluding carboxylic acids is 1. The van der Waals surface area contributed by atoms with Crippen molar-refractivity contribution in [1.29, 1.82) is 5.26 Å². The summed E-state index contributed by atoms with van der Waals surface area (Å²) in [6.07, 6.45) is 1.59. The summed E-state index contributed by atoms with van der Waals surface area (Å²) in [4.78, 5) is 15.5. The van der Waals surface area contributed by atoms with Gasteiger partial charge in [0.25, 0.3) is 0 Å². The fraction of sp³-hybridized carbons (Fsp3) is 0.182. The van der Waals surface area contributed by atoms with E-state index in [9.17, 15) is 9.90 Å². The van der Waals surface area contributed by atoms with Gasteiger partial charge in [0.15, 0.2) is 0 Å². The summed E-state index contributed by atoms with van der Waals surface area (Å²) < 4.78 is 5.43. The molecule has 7 heteroatoms. The molecule has 0 unspecified atom stereocenters. The number of thioether (sulfide) groups is 1. The maximum absolute atomic E-state index is 12.7. The first-order chi connectivity index (χ1) is 14.2. The number of hydrogen-bond acceptors (Lipinski definition) is 6. The summed E-state index contributed by atoms with van der Waals surface area (Å²) in [5, 5.41) is 21.8. The van der Waals surface area contributed by atoms with Crippen molar-refractivity contribution in [2.24, 2.45) is 0 Å². The molecule has 2 aromatic carbocycles. The van der Waals surface area contributed by atoms with Crippen molar-refractivity contribution in [3.8, 4) is 11.8 Å². The number of carbonyl (C=O) groups is 1. The van der Waals surface area contributed by atoms with Crippen molar-refractivity contribution in [2.45, 2.75) is 18.0 Å². The maximum Gasteiger partial charge on any atom is 0.238 e. The summed E-state index contributed by atoms with van der Waals surface area (Å²) in [5.41, 5.74) is 1.41. The molecular weight excluding hydrogens is 386 g/mol. The zero-order valence-corrected chi connectivity index (χ0v) is 16.6. The van der Waals surface area contributed by atoms with Crippen LogP contribution in [0.3, 0.4) is 0 Å². The lowest BCUT2D eigenvalue weighted by atomic mass is 10.2. The van der Waals surface area contributed by atoms with Crippen LogP contribution in [0.2, 0.25) is 0 Å². The number of aromatic hydroxyl groups is 1. The van der Waals surface area contributed by atoms with Crippen molar-refractivity contribution >= 4 is 23.4 Å². The van der Waals surface area contributed by atoms with Gasteiger partial charge in [-0.1, -0.05) is 30.3 Å². The molecule has 1 aromatic heterocycles. The number of nitrogens with one attached hydrogen (secondary N) is 1. The van der Waals surface area contributed by atoms with Gasteiger partial charge in [-0.3, -0.25) is 9.69 Å². The van der Waals surface area contributed by atoms with Gasteiger partial charge in [0.1, 0.15) is 11.5 Å². The third-order valence-electron chi connectivity index (χ3n) is 4.17. The van der Waals surface area contributed by atoms with Crippen LogP contribution in [0.15, 0.2) is 76.2 Å². The fourth-order valence-corrected chi connectivity index (χ4v) is 3.54. The monoisotopic (exact) mass is 407 g/mol. The zero-order chi connectivity index (χ0) is 20.5. The van der Waals surface area contributed by atoms with Crippen molar-refractivity contribution in [1.82, 2.24) is 4.90 Å². The summed E-state index contributed by atoms with van der Waals surface area (Å²) in [6.45, 7) is 0.942. The highest BCUT2D eigenvalue weighted by Crippen LogP contribution is 2.26. The quantitative estimate of drug-likeness (QED) is 0.516. The van der Waals surface area contributed by atoms with E-state index >= 15 is 0 Å². The van der Waals surface area contributed by atoms with Crippen LogP contribution in [0, 0.1) is 11.3 Å². The van der Waals surface area contributed by atoms with Crippen LogP contribution in [0.1, 0.15) is 11.3 Å². The van der Waals surface area contributed by atoms with Crippen LogP contribution < -0.4 is 5.32 Å². The van der Waals surface area contributed by atoms with Crippen LogP contribution in [0.4, 0.5) is 5.69 Å². The molecule has 0 radical (unpaired) electrons. The van der Waals surface area contributed by atoms with E-state index in [1.165, 1.54) is 11.8 Å². The van der Waals surface area contributed by atoms with Crippen LogP contribution in [0.5, 0.6) is 5.75 Å². The van der Waals surface area contributed by atoms with Crippen molar-refractivity contribution in [3.05, 3.63) is 78.3 Å². The minimum absolute atomic E-state index is 0.117. The first kappa shape index (κ1) is 20.5. The van der Waals surface area contributed by atoms with Gasteiger partial charge >= 0.3 is 0 Å². The minimum atomic E-state index is -0.183. The molecule has 148 valence electrons. The standard InChI is InChI=1S/C22H21N3O3S/c23-11-13-29-21-10-4-2-8-19(21)24-22(27)16-25(15-18-7-5-12-28-18)14-17-6-1-3-9-20(17)26/h1-10,12,26H,13-16H2,(H,24,27). The van der Waals surface area contributed by atoms with Crippen LogP contribution in [0.25, 0.3) is 0 Å². The van der Waals surface area contributed by atoms with Gasteiger partial charge in [0.05, 0.1) is 36.9 Å². The van der Waals surface area contributed by atoms with Gasteiger partial charge in [-0.2, -0.15) is 5.26 Å². The summed E-state index contributed by atoms with van der Waals surface area (Å²) in [7, 11) is 0. The Hall–Kier alpha value is -3.21. The molecule has 1 heterocycles. The number of nitriles is 1. The largest absolute Gasteiger partial charge is 0.508 e. The Morgan fingerprint density at radius 3 is 2.66 bits per heavy atom. The second kappa shape index (κ2) is 10.4. The number of para-hydroxylation sites is 2. The van der Waals surface area contributed by atoms with E-state index in [4.69, 9.17) is 9.68 Å². The Labute approximate surface area is 173 Å². The van der Waals surface area contributed by atoms with E-state index in [0.717, 1.165) is 16.2 Å². The zero-order valence-electron chi connectivity index (χ0n) is 15.7. The van der Waals surface area contributed by atoms with Crippen molar-refractivity contribution in [2.75, 3.05) is 17.6 Å². The number of hydrogen-bond donors (Lipinski definition) is 2. The SMILES string of the molecule is N#CCSc1ccccc1NC(=O)CN(Cc1ccco1)Cc1ccccc1O. The van der Waals surface area contributed by atoms with Crippen LogP contribution in [-0.4, -0.2) is 28.2 Å². The molecule has 0 aliphatic heterocycles.